The Balaban J connectivity index is 2.09. The van der Waals surface area contributed by atoms with E-state index in [-0.39, 0.29) is 25.0 Å². The van der Waals surface area contributed by atoms with E-state index in [0.717, 1.165) is 5.56 Å². The summed E-state index contributed by atoms with van der Waals surface area (Å²) < 4.78 is 0. The Kier molecular flexibility index (Phi) is 6.32. The van der Waals surface area contributed by atoms with Crippen LogP contribution in [-0.4, -0.2) is 36.1 Å². The number of rotatable bonds is 7. The predicted octanol–water partition coefficient (Wildman–Crippen LogP) is 1.14. The summed E-state index contributed by atoms with van der Waals surface area (Å²) >= 11 is 0. The van der Waals surface area contributed by atoms with E-state index in [9.17, 15) is 9.59 Å². The average molecular weight is 312 g/mol. The summed E-state index contributed by atoms with van der Waals surface area (Å²) in [4.78, 5) is 24.5. The first-order valence-corrected chi connectivity index (χ1v) is 7.49. The molecule has 0 aliphatic rings. The fourth-order valence-electron chi connectivity index (χ4n) is 2.19. The van der Waals surface area contributed by atoms with Crippen LogP contribution in [0, 0.1) is 0 Å². The lowest BCUT2D eigenvalue weighted by Gasteiger charge is -2.18. The molecule has 0 aliphatic heterocycles. The van der Waals surface area contributed by atoms with E-state index in [1.54, 1.807) is 24.3 Å². The molecule has 2 aromatic rings. The molecular formula is C18H20N2O3. The third-order valence-corrected chi connectivity index (χ3v) is 3.35. The van der Waals surface area contributed by atoms with Gasteiger partial charge < -0.3 is 15.7 Å². The van der Waals surface area contributed by atoms with E-state index in [1.165, 1.54) is 0 Å². The lowest BCUT2D eigenvalue weighted by Crippen LogP contribution is -2.48. The van der Waals surface area contributed by atoms with Crippen molar-refractivity contribution in [3.05, 3.63) is 71.8 Å². The Labute approximate surface area is 135 Å². The Bertz CT molecular complexity index is 629. The van der Waals surface area contributed by atoms with Crippen molar-refractivity contribution < 1.29 is 14.7 Å². The third kappa shape index (κ3) is 5.23. The van der Waals surface area contributed by atoms with Gasteiger partial charge in [-0.25, -0.2) is 0 Å². The zero-order valence-corrected chi connectivity index (χ0v) is 12.7. The largest absolute Gasteiger partial charge is 0.395 e. The van der Waals surface area contributed by atoms with Crippen molar-refractivity contribution in [2.24, 2.45) is 0 Å². The number of hydrogen-bond acceptors (Lipinski definition) is 3. The summed E-state index contributed by atoms with van der Waals surface area (Å²) in [6.07, 6.45) is 0.386. The molecule has 0 aromatic heterocycles. The highest BCUT2D eigenvalue weighted by Gasteiger charge is 2.21. The Hall–Kier alpha value is -2.66. The maximum Gasteiger partial charge on any atom is 0.251 e. The lowest BCUT2D eigenvalue weighted by molar-refractivity contribution is -0.123. The molecule has 0 heterocycles. The molecule has 0 saturated carbocycles. The number of hydrogen-bond donors (Lipinski definition) is 3. The zero-order chi connectivity index (χ0) is 16.5. The van der Waals surface area contributed by atoms with Gasteiger partial charge in [-0.1, -0.05) is 48.5 Å². The van der Waals surface area contributed by atoms with Crippen LogP contribution in [0.4, 0.5) is 0 Å². The van der Waals surface area contributed by atoms with Crippen LogP contribution < -0.4 is 10.6 Å². The van der Waals surface area contributed by atoms with Gasteiger partial charge in [-0.3, -0.25) is 9.59 Å². The van der Waals surface area contributed by atoms with Crippen LogP contribution in [0.15, 0.2) is 60.7 Å². The highest BCUT2D eigenvalue weighted by molar-refractivity contribution is 5.97. The minimum atomic E-state index is -0.698. The first-order chi connectivity index (χ1) is 11.2. The van der Waals surface area contributed by atoms with Crippen molar-refractivity contribution in [1.29, 1.82) is 0 Å². The maximum absolute atomic E-state index is 12.3. The summed E-state index contributed by atoms with van der Waals surface area (Å²) in [5.74, 6) is -0.613. The first kappa shape index (κ1) is 16.7. The molecule has 2 rings (SSSR count). The zero-order valence-electron chi connectivity index (χ0n) is 12.7. The molecule has 2 aromatic carbocycles. The minimum absolute atomic E-state index is 0.142. The highest BCUT2D eigenvalue weighted by Crippen LogP contribution is 2.05. The molecule has 0 radical (unpaired) electrons. The van der Waals surface area contributed by atoms with Crippen LogP contribution >= 0.6 is 0 Å². The second-order valence-electron chi connectivity index (χ2n) is 5.10. The van der Waals surface area contributed by atoms with Crippen LogP contribution in [0.25, 0.3) is 0 Å². The highest BCUT2D eigenvalue weighted by atomic mass is 16.3. The van der Waals surface area contributed by atoms with Crippen molar-refractivity contribution in [3.8, 4) is 0 Å². The molecule has 5 nitrogen and oxygen atoms in total. The summed E-state index contributed by atoms with van der Waals surface area (Å²) in [6, 6.07) is 17.5. The fourth-order valence-corrected chi connectivity index (χ4v) is 2.19. The molecule has 0 saturated heterocycles. The number of carbonyl (C=O) groups excluding carboxylic acids is 2. The molecule has 2 amide bonds. The summed E-state index contributed by atoms with van der Waals surface area (Å²) in [7, 11) is 0. The Morgan fingerprint density at radius 1 is 0.957 bits per heavy atom. The average Bonchev–Trinajstić information content (AvgIpc) is 2.60. The molecule has 5 heteroatoms. The molecule has 3 N–H and O–H groups in total. The van der Waals surface area contributed by atoms with Gasteiger partial charge >= 0.3 is 0 Å². The number of nitrogens with one attached hydrogen (secondary N) is 2. The van der Waals surface area contributed by atoms with Gasteiger partial charge in [0, 0.05) is 18.5 Å². The monoisotopic (exact) mass is 312 g/mol. The lowest BCUT2D eigenvalue weighted by atomic mass is 10.0. The van der Waals surface area contributed by atoms with Crippen LogP contribution in [0.1, 0.15) is 15.9 Å². The van der Waals surface area contributed by atoms with Gasteiger partial charge in [0.2, 0.25) is 5.91 Å². The van der Waals surface area contributed by atoms with Gasteiger partial charge in [-0.2, -0.15) is 0 Å². The standard InChI is InChI=1S/C18H20N2O3/c21-12-11-19-18(23)16(13-14-7-3-1-4-8-14)20-17(22)15-9-5-2-6-10-15/h1-10,16,21H,11-13H2,(H,19,23)(H,20,22)/t16-/m0/s1. The quantitative estimate of drug-likeness (QED) is 0.717. The van der Waals surface area contributed by atoms with E-state index < -0.39 is 6.04 Å². The van der Waals surface area contributed by atoms with Gasteiger partial charge in [0.25, 0.3) is 5.91 Å². The summed E-state index contributed by atoms with van der Waals surface area (Å²) in [5.41, 5.74) is 1.45. The summed E-state index contributed by atoms with van der Waals surface area (Å²) in [6.45, 7) is 0.0156. The van der Waals surface area contributed by atoms with Gasteiger partial charge in [0.05, 0.1) is 6.61 Å². The van der Waals surface area contributed by atoms with Crippen molar-refractivity contribution >= 4 is 11.8 Å². The second-order valence-corrected chi connectivity index (χ2v) is 5.10. The van der Waals surface area contributed by atoms with Crippen LogP contribution in [-0.2, 0) is 11.2 Å². The maximum atomic E-state index is 12.3. The molecule has 0 spiro atoms. The fraction of sp³-hybridized carbons (Fsp3) is 0.222. The van der Waals surface area contributed by atoms with Gasteiger partial charge in [0.15, 0.2) is 0 Å². The second kappa shape index (κ2) is 8.70. The van der Waals surface area contributed by atoms with E-state index in [0.29, 0.717) is 12.0 Å². The van der Waals surface area contributed by atoms with E-state index in [4.69, 9.17) is 5.11 Å². The number of aliphatic hydroxyl groups excluding tert-OH is 1. The predicted molar refractivity (Wildman–Crippen MR) is 87.9 cm³/mol. The Morgan fingerprint density at radius 3 is 2.17 bits per heavy atom. The molecule has 0 fully saturated rings. The SMILES string of the molecule is O=C(N[C@@H](Cc1ccccc1)C(=O)NCCO)c1ccccc1. The van der Waals surface area contributed by atoms with Gasteiger partial charge in [0.1, 0.15) is 6.04 Å². The summed E-state index contributed by atoms with van der Waals surface area (Å²) in [5, 5.41) is 14.2. The molecule has 23 heavy (non-hydrogen) atoms. The van der Waals surface area contributed by atoms with Crippen molar-refractivity contribution in [1.82, 2.24) is 10.6 Å². The molecular weight excluding hydrogens is 292 g/mol. The van der Waals surface area contributed by atoms with Crippen molar-refractivity contribution in [2.75, 3.05) is 13.2 Å². The van der Waals surface area contributed by atoms with Crippen molar-refractivity contribution in [3.63, 3.8) is 0 Å². The molecule has 0 bridgehead atoms. The third-order valence-electron chi connectivity index (χ3n) is 3.35. The Morgan fingerprint density at radius 2 is 1.57 bits per heavy atom. The van der Waals surface area contributed by atoms with Crippen molar-refractivity contribution in [2.45, 2.75) is 12.5 Å². The van der Waals surface area contributed by atoms with E-state index >= 15 is 0 Å². The van der Waals surface area contributed by atoms with Crippen LogP contribution in [0.2, 0.25) is 0 Å². The van der Waals surface area contributed by atoms with Gasteiger partial charge in [-0.15, -0.1) is 0 Å². The molecule has 1 atom stereocenters. The number of benzene rings is 2. The topological polar surface area (TPSA) is 78.4 Å². The minimum Gasteiger partial charge on any atom is -0.395 e. The number of amides is 2. The van der Waals surface area contributed by atoms with E-state index in [1.807, 2.05) is 36.4 Å². The molecule has 0 unspecified atom stereocenters. The normalized spacial score (nSPS) is 11.5. The first-order valence-electron chi connectivity index (χ1n) is 7.49. The van der Waals surface area contributed by atoms with Crippen LogP contribution in [0.5, 0.6) is 0 Å². The van der Waals surface area contributed by atoms with Crippen LogP contribution in [0.3, 0.4) is 0 Å². The molecule has 120 valence electrons. The number of aliphatic hydroxyl groups is 1. The number of carbonyl (C=O) groups is 2. The smallest absolute Gasteiger partial charge is 0.251 e. The molecule has 0 aliphatic carbocycles. The van der Waals surface area contributed by atoms with E-state index in [2.05, 4.69) is 10.6 Å². The van der Waals surface area contributed by atoms with Gasteiger partial charge in [-0.05, 0) is 17.7 Å².